The summed E-state index contributed by atoms with van der Waals surface area (Å²) in [5, 5.41) is 11.4. The first-order valence-electron chi connectivity index (χ1n) is 4.83. The first-order valence-corrected chi connectivity index (χ1v) is 6.02. The first kappa shape index (κ1) is 12.6. The second kappa shape index (κ2) is 5.19. The van der Waals surface area contributed by atoms with Gasteiger partial charge in [-0.1, -0.05) is 22.9 Å². The molecule has 8 heteroatoms. The van der Waals surface area contributed by atoms with Gasteiger partial charge in [0.25, 0.3) is 5.69 Å². The molecule has 0 aliphatic heterocycles. The standard InChI is InChI=1S/C10H8ClN3O3S/c11-8-2-1-6(14(15)16)3-9(8)17-5-7-4-13-10(12)18-7/h1-4H,5H2,(H2,12,13). The minimum absolute atomic E-state index is 0.0711. The Morgan fingerprint density at radius 1 is 1.56 bits per heavy atom. The highest BCUT2D eigenvalue weighted by Gasteiger charge is 2.11. The number of nitrogens with zero attached hydrogens (tertiary/aromatic N) is 2. The average molecular weight is 286 g/mol. The van der Waals surface area contributed by atoms with Crippen LogP contribution in [-0.4, -0.2) is 9.91 Å². The number of nitro benzene ring substituents is 1. The molecule has 0 aliphatic carbocycles. The van der Waals surface area contributed by atoms with E-state index in [0.717, 1.165) is 4.88 Å². The third-order valence-electron chi connectivity index (χ3n) is 2.07. The molecular formula is C10H8ClN3O3S. The average Bonchev–Trinajstić information content (AvgIpc) is 2.74. The Hall–Kier alpha value is -1.86. The summed E-state index contributed by atoms with van der Waals surface area (Å²) in [4.78, 5) is 14.8. The summed E-state index contributed by atoms with van der Waals surface area (Å²) in [5.74, 6) is 0.262. The smallest absolute Gasteiger partial charge is 0.273 e. The van der Waals surface area contributed by atoms with E-state index in [9.17, 15) is 10.1 Å². The number of thiazole rings is 1. The number of halogens is 1. The Balaban J connectivity index is 2.13. The van der Waals surface area contributed by atoms with Crippen LogP contribution in [0, 0.1) is 10.1 Å². The molecule has 2 N–H and O–H groups in total. The molecule has 1 aromatic heterocycles. The van der Waals surface area contributed by atoms with E-state index in [1.165, 1.54) is 29.5 Å². The van der Waals surface area contributed by atoms with Gasteiger partial charge in [0.2, 0.25) is 0 Å². The molecule has 0 unspecified atom stereocenters. The van der Waals surface area contributed by atoms with Crippen LogP contribution in [0.25, 0.3) is 0 Å². The molecule has 2 rings (SSSR count). The van der Waals surface area contributed by atoms with Gasteiger partial charge in [-0.25, -0.2) is 4.98 Å². The Labute approximate surface area is 111 Å². The zero-order valence-electron chi connectivity index (χ0n) is 9.00. The second-order valence-corrected chi connectivity index (χ2v) is 4.88. The molecule has 1 heterocycles. The van der Waals surface area contributed by atoms with Gasteiger partial charge in [0, 0.05) is 12.3 Å². The maximum atomic E-state index is 10.6. The zero-order chi connectivity index (χ0) is 13.1. The zero-order valence-corrected chi connectivity index (χ0v) is 10.6. The van der Waals surface area contributed by atoms with E-state index in [1.807, 2.05) is 0 Å². The van der Waals surface area contributed by atoms with Crippen LogP contribution in [0.3, 0.4) is 0 Å². The molecule has 6 nitrogen and oxygen atoms in total. The number of anilines is 1. The summed E-state index contributed by atoms with van der Waals surface area (Å²) in [6.45, 7) is 0.218. The number of hydrogen-bond acceptors (Lipinski definition) is 6. The number of aromatic nitrogens is 1. The highest BCUT2D eigenvalue weighted by Crippen LogP contribution is 2.30. The molecule has 0 saturated carbocycles. The number of hydrogen-bond donors (Lipinski definition) is 1. The summed E-state index contributed by atoms with van der Waals surface area (Å²) in [5.41, 5.74) is 5.41. The van der Waals surface area contributed by atoms with E-state index < -0.39 is 4.92 Å². The van der Waals surface area contributed by atoms with Crippen molar-refractivity contribution in [2.24, 2.45) is 0 Å². The molecule has 1 aromatic carbocycles. The molecule has 0 aliphatic rings. The Kier molecular flexibility index (Phi) is 3.63. The summed E-state index contributed by atoms with van der Waals surface area (Å²) in [7, 11) is 0. The minimum atomic E-state index is -0.506. The SMILES string of the molecule is Nc1ncc(COc2cc([N+](=O)[O-])ccc2Cl)s1. The van der Waals surface area contributed by atoms with Gasteiger partial charge >= 0.3 is 0 Å². The molecule has 0 spiro atoms. The molecule has 0 amide bonds. The van der Waals surface area contributed by atoms with Gasteiger partial charge in [-0.05, 0) is 6.07 Å². The summed E-state index contributed by atoms with van der Waals surface area (Å²) >= 11 is 7.18. The van der Waals surface area contributed by atoms with Crippen LogP contribution >= 0.6 is 22.9 Å². The highest BCUT2D eigenvalue weighted by atomic mass is 35.5. The van der Waals surface area contributed by atoms with E-state index in [0.29, 0.717) is 10.2 Å². The van der Waals surface area contributed by atoms with Gasteiger partial charge in [-0.2, -0.15) is 0 Å². The van der Waals surface area contributed by atoms with Gasteiger partial charge in [0.05, 0.1) is 20.9 Å². The minimum Gasteiger partial charge on any atom is -0.486 e. The van der Waals surface area contributed by atoms with E-state index in [-0.39, 0.29) is 18.0 Å². The van der Waals surface area contributed by atoms with E-state index in [4.69, 9.17) is 22.1 Å². The van der Waals surface area contributed by atoms with Gasteiger partial charge in [0.1, 0.15) is 12.4 Å². The van der Waals surface area contributed by atoms with Crippen LogP contribution in [-0.2, 0) is 6.61 Å². The van der Waals surface area contributed by atoms with Gasteiger partial charge < -0.3 is 10.5 Å². The van der Waals surface area contributed by atoms with E-state index in [2.05, 4.69) is 4.98 Å². The largest absolute Gasteiger partial charge is 0.486 e. The maximum absolute atomic E-state index is 10.6. The van der Waals surface area contributed by atoms with Crippen LogP contribution in [0.15, 0.2) is 24.4 Å². The van der Waals surface area contributed by atoms with Crippen molar-refractivity contribution in [3.05, 3.63) is 44.4 Å². The predicted molar refractivity (Wildman–Crippen MR) is 69.0 cm³/mol. The molecule has 0 saturated heterocycles. The summed E-state index contributed by atoms with van der Waals surface area (Å²) in [6.07, 6.45) is 1.59. The lowest BCUT2D eigenvalue weighted by molar-refractivity contribution is -0.384. The van der Waals surface area contributed by atoms with Crippen molar-refractivity contribution in [2.45, 2.75) is 6.61 Å². The number of nitro groups is 1. The lowest BCUT2D eigenvalue weighted by atomic mass is 10.3. The highest BCUT2D eigenvalue weighted by molar-refractivity contribution is 7.15. The fourth-order valence-corrected chi connectivity index (χ4v) is 2.02. The third kappa shape index (κ3) is 2.88. The van der Waals surface area contributed by atoms with Crippen molar-refractivity contribution in [2.75, 3.05) is 5.73 Å². The van der Waals surface area contributed by atoms with Crippen molar-refractivity contribution in [1.29, 1.82) is 0 Å². The number of non-ortho nitro benzene ring substituents is 1. The van der Waals surface area contributed by atoms with Gasteiger partial charge in [-0.3, -0.25) is 10.1 Å². The monoisotopic (exact) mass is 285 g/mol. The van der Waals surface area contributed by atoms with Crippen molar-refractivity contribution in [3.63, 3.8) is 0 Å². The van der Waals surface area contributed by atoms with Crippen molar-refractivity contribution < 1.29 is 9.66 Å². The normalized spacial score (nSPS) is 10.3. The van der Waals surface area contributed by atoms with Crippen molar-refractivity contribution >= 4 is 33.8 Å². The van der Waals surface area contributed by atoms with Crippen LogP contribution in [0.2, 0.25) is 5.02 Å². The summed E-state index contributed by atoms with van der Waals surface area (Å²) < 4.78 is 5.41. The lowest BCUT2D eigenvalue weighted by Gasteiger charge is -2.05. The Morgan fingerprint density at radius 3 is 2.94 bits per heavy atom. The van der Waals surface area contributed by atoms with Crippen molar-refractivity contribution in [3.8, 4) is 5.75 Å². The lowest BCUT2D eigenvalue weighted by Crippen LogP contribution is -1.95. The fourth-order valence-electron chi connectivity index (χ4n) is 1.25. The fraction of sp³-hybridized carbons (Fsp3) is 0.100. The molecule has 0 fully saturated rings. The first-order chi connectivity index (χ1) is 8.56. The number of benzene rings is 1. The van der Waals surface area contributed by atoms with Crippen molar-refractivity contribution in [1.82, 2.24) is 4.98 Å². The van der Waals surface area contributed by atoms with Gasteiger partial charge in [0.15, 0.2) is 5.13 Å². The molecule has 0 bridgehead atoms. The molecular weight excluding hydrogens is 278 g/mol. The van der Waals surface area contributed by atoms with Crippen LogP contribution in [0.1, 0.15) is 4.88 Å². The maximum Gasteiger partial charge on any atom is 0.273 e. The Morgan fingerprint density at radius 2 is 2.33 bits per heavy atom. The van der Waals surface area contributed by atoms with Gasteiger partial charge in [-0.15, -0.1) is 0 Å². The van der Waals surface area contributed by atoms with Crippen LogP contribution in [0.5, 0.6) is 5.75 Å². The number of ether oxygens (including phenoxy) is 1. The predicted octanol–water partition coefficient (Wildman–Crippen LogP) is 2.87. The number of nitrogen functional groups attached to an aromatic ring is 1. The molecule has 18 heavy (non-hydrogen) atoms. The topological polar surface area (TPSA) is 91.3 Å². The third-order valence-corrected chi connectivity index (χ3v) is 3.18. The van der Waals surface area contributed by atoms with Crippen LogP contribution in [0.4, 0.5) is 10.8 Å². The molecule has 2 aromatic rings. The molecule has 94 valence electrons. The quantitative estimate of drug-likeness (QED) is 0.689. The van der Waals surface area contributed by atoms with E-state index >= 15 is 0 Å². The molecule has 0 radical (unpaired) electrons. The second-order valence-electron chi connectivity index (χ2n) is 3.33. The summed E-state index contributed by atoms with van der Waals surface area (Å²) in [6, 6.07) is 4.03. The van der Waals surface area contributed by atoms with E-state index in [1.54, 1.807) is 6.20 Å². The number of nitrogens with two attached hydrogens (primary N) is 1. The number of rotatable bonds is 4. The van der Waals surface area contributed by atoms with Crippen LogP contribution < -0.4 is 10.5 Å². The molecule has 0 atom stereocenters. The Bertz CT molecular complexity index is 587.